The summed E-state index contributed by atoms with van der Waals surface area (Å²) in [5.41, 5.74) is -1.14. The predicted molar refractivity (Wildman–Crippen MR) is 121 cm³/mol. The second-order valence-corrected chi connectivity index (χ2v) is 11.9. The van der Waals surface area contributed by atoms with Crippen LogP contribution < -0.4 is 10.6 Å². The van der Waals surface area contributed by atoms with Gasteiger partial charge in [-0.2, -0.15) is 23.5 Å². The van der Waals surface area contributed by atoms with Crippen molar-refractivity contribution in [1.82, 2.24) is 10.6 Å². The van der Waals surface area contributed by atoms with E-state index in [1.54, 1.807) is 25.6 Å². The second-order valence-electron chi connectivity index (χ2n) is 9.33. The topological polar surface area (TPSA) is 136 Å². The Balaban J connectivity index is 2.54. The van der Waals surface area contributed by atoms with E-state index >= 15 is 0 Å². The molecule has 0 aromatic rings. The first-order chi connectivity index (χ1) is 13.8. The van der Waals surface area contributed by atoms with Crippen molar-refractivity contribution in [2.45, 2.75) is 82.0 Å². The number of carbonyl (C=O) groups excluding carboxylic acids is 1. The molecule has 4 atom stereocenters. The first-order valence-corrected chi connectivity index (χ1v) is 12.2. The lowest BCUT2D eigenvalue weighted by Gasteiger charge is -2.37. The van der Waals surface area contributed by atoms with Gasteiger partial charge < -0.3 is 20.6 Å². The maximum atomic E-state index is 12.4. The van der Waals surface area contributed by atoms with E-state index in [9.17, 15) is 24.6 Å². The monoisotopic (exact) mass is 464 g/mol. The third-order valence-electron chi connectivity index (χ3n) is 4.96. The Morgan fingerprint density at radius 1 is 0.933 bits per heavy atom. The maximum Gasteiger partial charge on any atom is 0.327 e. The van der Waals surface area contributed by atoms with Gasteiger partial charge in [-0.05, 0) is 40.0 Å². The summed E-state index contributed by atoms with van der Waals surface area (Å²) in [7, 11) is 0. The third kappa shape index (κ3) is 9.03. The summed E-state index contributed by atoms with van der Waals surface area (Å²) in [5.74, 6) is -1.65. The first kappa shape index (κ1) is 27.1. The molecule has 0 aromatic carbocycles. The van der Waals surface area contributed by atoms with Gasteiger partial charge in [-0.1, -0.05) is 13.8 Å². The Kier molecular flexibility index (Phi) is 10.5. The number of rotatable bonds is 13. The minimum absolute atomic E-state index is 0.144. The number of aliphatic hydroxyl groups is 1. The Bertz CT molecular complexity index is 609. The second kappa shape index (κ2) is 11.6. The largest absolute Gasteiger partial charge is 0.480 e. The Morgan fingerprint density at radius 2 is 1.40 bits per heavy atom. The van der Waals surface area contributed by atoms with Gasteiger partial charge in [-0.3, -0.25) is 14.9 Å². The number of hydrogen-bond donors (Lipinski definition) is 5. The van der Waals surface area contributed by atoms with Crippen LogP contribution in [0, 0.1) is 5.41 Å². The molecule has 0 bridgehead atoms. The molecule has 30 heavy (non-hydrogen) atoms. The number of amides is 1. The number of carboxylic acid groups (broad SMARTS) is 2. The van der Waals surface area contributed by atoms with Gasteiger partial charge in [-0.25, -0.2) is 4.79 Å². The van der Waals surface area contributed by atoms with Crippen molar-refractivity contribution in [2.75, 3.05) is 18.1 Å². The van der Waals surface area contributed by atoms with E-state index in [1.165, 1.54) is 11.8 Å². The summed E-state index contributed by atoms with van der Waals surface area (Å²) in [6.45, 7) is 8.99. The zero-order chi connectivity index (χ0) is 23.1. The van der Waals surface area contributed by atoms with Crippen LogP contribution in [-0.4, -0.2) is 79.4 Å². The smallest absolute Gasteiger partial charge is 0.327 e. The third-order valence-corrected chi connectivity index (χ3v) is 8.17. The van der Waals surface area contributed by atoms with Crippen LogP contribution in [0.2, 0.25) is 0 Å². The lowest BCUT2D eigenvalue weighted by molar-refractivity contribution is -0.143. The van der Waals surface area contributed by atoms with E-state index in [2.05, 4.69) is 10.6 Å². The van der Waals surface area contributed by atoms with Crippen molar-refractivity contribution < 1.29 is 29.7 Å². The summed E-state index contributed by atoms with van der Waals surface area (Å²) in [6.07, 6.45) is 2.17. The zero-order valence-corrected chi connectivity index (χ0v) is 20.1. The van der Waals surface area contributed by atoms with E-state index in [0.717, 1.165) is 12.8 Å². The lowest BCUT2D eigenvalue weighted by Crippen LogP contribution is -2.50. The standard InChI is InChI=1S/C20H36N2O6S2/c1-19(2,3)22-13(17(26)27)11-30-15-7-6-14(15)29-10-12(16(24)25)21-18(28)20(4,5)8-9-23/h12-15,22-23H,6-11H2,1-5H3,(H,21,28)(H,24,25)(H,26,27). The molecule has 5 N–H and O–H groups in total. The molecular formula is C20H36N2O6S2. The van der Waals surface area contributed by atoms with Crippen molar-refractivity contribution in [3.63, 3.8) is 0 Å². The fourth-order valence-electron chi connectivity index (χ4n) is 2.88. The molecule has 174 valence electrons. The fourth-order valence-corrected chi connectivity index (χ4v) is 5.99. The van der Waals surface area contributed by atoms with E-state index in [0.29, 0.717) is 5.75 Å². The number of carboxylic acids is 2. The van der Waals surface area contributed by atoms with E-state index < -0.39 is 29.4 Å². The van der Waals surface area contributed by atoms with Gasteiger partial charge in [0.15, 0.2) is 0 Å². The van der Waals surface area contributed by atoms with Gasteiger partial charge in [-0.15, -0.1) is 0 Å². The lowest BCUT2D eigenvalue weighted by atomic mass is 9.88. The van der Waals surface area contributed by atoms with Gasteiger partial charge in [0.2, 0.25) is 5.91 Å². The van der Waals surface area contributed by atoms with Crippen LogP contribution in [0.5, 0.6) is 0 Å². The minimum Gasteiger partial charge on any atom is -0.480 e. The molecule has 10 heteroatoms. The number of aliphatic hydroxyl groups excluding tert-OH is 1. The van der Waals surface area contributed by atoms with Crippen LogP contribution in [0.3, 0.4) is 0 Å². The molecule has 1 fully saturated rings. The van der Waals surface area contributed by atoms with Crippen LogP contribution in [0.1, 0.15) is 53.9 Å². The molecule has 1 aliphatic carbocycles. The molecule has 1 saturated carbocycles. The highest BCUT2D eigenvalue weighted by Gasteiger charge is 2.36. The molecule has 1 aliphatic rings. The molecule has 0 saturated heterocycles. The first-order valence-electron chi connectivity index (χ1n) is 10.1. The maximum absolute atomic E-state index is 12.4. The van der Waals surface area contributed by atoms with Crippen molar-refractivity contribution >= 4 is 41.4 Å². The molecule has 1 rings (SSSR count). The van der Waals surface area contributed by atoms with Crippen LogP contribution in [-0.2, 0) is 14.4 Å². The van der Waals surface area contributed by atoms with Gasteiger partial charge in [0, 0.05) is 39.6 Å². The summed E-state index contributed by atoms with van der Waals surface area (Å²) in [4.78, 5) is 35.4. The van der Waals surface area contributed by atoms with Crippen molar-refractivity contribution in [2.24, 2.45) is 5.41 Å². The minimum atomic E-state index is -1.08. The fraction of sp³-hybridized carbons (Fsp3) is 0.850. The quantitative estimate of drug-likeness (QED) is 0.276. The van der Waals surface area contributed by atoms with Gasteiger partial charge in [0.1, 0.15) is 12.1 Å². The molecule has 0 radical (unpaired) electrons. The molecular weight excluding hydrogens is 428 g/mol. The molecule has 0 heterocycles. The predicted octanol–water partition coefficient (Wildman–Crippen LogP) is 1.80. The van der Waals surface area contributed by atoms with Gasteiger partial charge >= 0.3 is 11.9 Å². The van der Waals surface area contributed by atoms with E-state index in [1.807, 2.05) is 20.8 Å². The average molecular weight is 465 g/mol. The van der Waals surface area contributed by atoms with Crippen molar-refractivity contribution in [1.29, 1.82) is 0 Å². The van der Waals surface area contributed by atoms with Crippen LogP contribution in [0.25, 0.3) is 0 Å². The number of carbonyl (C=O) groups is 3. The molecule has 0 aromatic heterocycles. The van der Waals surface area contributed by atoms with E-state index in [4.69, 9.17) is 5.11 Å². The van der Waals surface area contributed by atoms with Crippen LogP contribution in [0.4, 0.5) is 0 Å². The molecule has 4 unspecified atom stereocenters. The number of aliphatic carboxylic acids is 2. The van der Waals surface area contributed by atoms with E-state index in [-0.39, 0.29) is 40.7 Å². The summed E-state index contributed by atoms with van der Waals surface area (Å²) < 4.78 is 0. The van der Waals surface area contributed by atoms with Gasteiger partial charge in [0.05, 0.1) is 0 Å². The SMILES string of the molecule is CC(C)(C)NC(CSC1CCC1SCC(NC(=O)C(C)(C)CCO)C(=O)O)C(=O)O. The summed E-state index contributed by atoms with van der Waals surface area (Å²) in [5, 5.41) is 34.2. The molecule has 0 aliphatic heterocycles. The van der Waals surface area contributed by atoms with Crippen LogP contribution >= 0.6 is 23.5 Å². The highest BCUT2D eigenvalue weighted by Crippen LogP contribution is 2.40. The normalized spacial score (nSPS) is 21.4. The average Bonchev–Trinajstić information content (AvgIpc) is 2.57. The highest BCUT2D eigenvalue weighted by molar-refractivity contribution is 8.04. The zero-order valence-electron chi connectivity index (χ0n) is 18.4. The Morgan fingerprint density at radius 3 is 1.77 bits per heavy atom. The molecule has 1 amide bonds. The molecule has 8 nitrogen and oxygen atoms in total. The number of nitrogens with one attached hydrogen (secondary N) is 2. The molecule has 0 spiro atoms. The summed E-state index contributed by atoms with van der Waals surface area (Å²) >= 11 is 3.12. The van der Waals surface area contributed by atoms with Gasteiger partial charge in [0.25, 0.3) is 0 Å². The van der Waals surface area contributed by atoms with Crippen molar-refractivity contribution in [3.05, 3.63) is 0 Å². The highest BCUT2D eigenvalue weighted by atomic mass is 32.2. The van der Waals surface area contributed by atoms with Crippen LogP contribution in [0.15, 0.2) is 0 Å². The van der Waals surface area contributed by atoms with Crippen molar-refractivity contribution in [3.8, 4) is 0 Å². The Hall–Kier alpha value is -0.970. The number of hydrogen-bond acceptors (Lipinski definition) is 7. The Labute approximate surface area is 187 Å². The number of thioether (sulfide) groups is 2. The summed E-state index contributed by atoms with van der Waals surface area (Å²) in [6, 6.07) is -1.64.